The van der Waals surface area contributed by atoms with Crippen LogP contribution in [0.25, 0.3) is 0 Å². The van der Waals surface area contributed by atoms with Crippen molar-refractivity contribution in [1.82, 2.24) is 5.32 Å². The summed E-state index contributed by atoms with van der Waals surface area (Å²) in [6, 6.07) is 6.20. The number of aliphatic hydroxyl groups is 4. The molecule has 2 aliphatic heterocycles. The second-order valence-corrected chi connectivity index (χ2v) is 20.0. The van der Waals surface area contributed by atoms with E-state index in [0.717, 1.165) is 70.8 Å². The molecule has 62 heavy (non-hydrogen) atoms. The van der Waals surface area contributed by atoms with Gasteiger partial charge >= 0.3 is 11.9 Å². The zero-order valence-corrected chi connectivity index (χ0v) is 37.8. The van der Waals surface area contributed by atoms with Crippen molar-refractivity contribution in [3.8, 4) is 5.75 Å². The van der Waals surface area contributed by atoms with Crippen LogP contribution in [0.1, 0.15) is 109 Å². The minimum atomic E-state index is -1.59. The van der Waals surface area contributed by atoms with E-state index < -0.39 is 61.1 Å². The van der Waals surface area contributed by atoms with E-state index in [1.807, 2.05) is 7.05 Å². The fourth-order valence-electron chi connectivity index (χ4n) is 12.9. The van der Waals surface area contributed by atoms with Gasteiger partial charge in [0.05, 0.1) is 38.1 Å². The summed E-state index contributed by atoms with van der Waals surface area (Å²) in [5.41, 5.74) is 1.65. The second kappa shape index (κ2) is 19.8. The van der Waals surface area contributed by atoms with Gasteiger partial charge in [0.25, 0.3) is 0 Å². The van der Waals surface area contributed by atoms with Crippen LogP contribution >= 0.6 is 0 Å². The molecule has 14 heteroatoms. The van der Waals surface area contributed by atoms with E-state index in [2.05, 4.69) is 39.1 Å². The SMILES string of the molecule is CNC[C@H](C)CCC[C@@H](C)[C@H]1[C@@H](O[C@@H]2OC[C@H](O)[C@H](O[C@@H]3OC[C@@H](O)[C@H](O)[C@H]3OC(=O)c3ccc(OC)cc3)[C@H]2OC(C)=O)C[C@H]2[C@@H]3CC=C4C[C@@H](O)CC[C@]4(C)[C@H]3CC[C@]12C. The van der Waals surface area contributed by atoms with Gasteiger partial charge < -0.3 is 58.9 Å². The van der Waals surface area contributed by atoms with Gasteiger partial charge in [-0.05, 0) is 136 Å². The second-order valence-electron chi connectivity index (χ2n) is 20.0. The predicted molar refractivity (Wildman–Crippen MR) is 228 cm³/mol. The summed E-state index contributed by atoms with van der Waals surface area (Å²) in [4.78, 5) is 26.2. The molecular formula is C48H73NO13. The van der Waals surface area contributed by atoms with Crippen LogP contribution in [0.15, 0.2) is 35.9 Å². The number of aliphatic hydroxyl groups excluding tert-OH is 4. The summed E-state index contributed by atoms with van der Waals surface area (Å²) in [5.74, 6) is 1.52. The fraction of sp³-hybridized carbons (Fsp3) is 0.792. The van der Waals surface area contributed by atoms with Crippen molar-refractivity contribution in [2.45, 2.75) is 160 Å². The third-order valence-corrected chi connectivity index (χ3v) is 16.0. The number of carbonyl (C=O) groups is 2. The molecule has 14 nitrogen and oxygen atoms in total. The van der Waals surface area contributed by atoms with Crippen LogP contribution in [0.4, 0.5) is 0 Å². The fourth-order valence-corrected chi connectivity index (χ4v) is 12.9. The third-order valence-electron chi connectivity index (χ3n) is 16.0. The topological polar surface area (TPSA) is 192 Å². The molecule has 0 unspecified atom stereocenters. The summed E-state index contributed by atoms with van der Waals surface area (Å²) in [6.45, 7) is 11.3. The van der Waals surface area contributed by atoms with E-state index in [1.54, 1.807) is 12.1 Å². The van der Waals surface area contributed by atoms with Crippen LogP contribution in [-0.4, -0.2) is 128 Å². The van der Waals surface area contributed by atoms with Crippen molar-refractivity contribution >= 4 is 11.9 Å². The number of hydrogen-bond acceptors (Lipinski definition) is 14. The Labute approximate surface area is 367 Å². The van der Waals surface area contributed by atoms with Crippen LogP contribution in [-0.2, 0) is 33.2 Å². The number of ether oxygens (including phenoxy) is 7. The van der Waals surface area contributed by atoms with E-state index in [-0.39, 0.29) is 47.7 Å². The zero-order valence-electron chi connectivity index (χ0n) is 37.8. The molecule has 0 aromatic heterocycles. The van der Waals surface area contributed by atoms with Crippen LogP contribution in [0, 0.1) is 46.3 Å². The van der Waals surface area contributed by atoms with Gasteiger partial charge in [-0.3, -0.25) is 4.79 Å². The number of methoxy groups -OCH3 is 1. The zero-order chi connectivity index (χ0) is 44.5. The minimum Gasteiger partial charge on any atom is -0.497 e. The molecule has 0 spiro atoms. The van der Waals surface area contributed by atoms with Gasteiger partial charge in [-0.25, -0.2) is 4.79 Å². The standard InChI is InChI=1S/C48H73NO13/c1-26(23-49-6)9-8-10-27(2)39-38(22-35-33-16-13-30-21-31(51)17-19-47(30,4)34(33)18-20-48(35,39)5)60-46-43(59-28(3)50)41(37(53)25-58-46)62-45-42(40(54)36(52)24-57-45)61-44(55)29-11-14-32(56-7)15-12-29/h11-15,26-27,31,33-43,45-46,49,51-54H,8-10,16-25H2,1-7H3/t26-,27-,31+,33-,34+,35+,36-,37+,38+,39+,40+,41+,42-,43-,45+,46+,47+,48+/m1/s1. The smallest absolute Gasteiger partial charge is 0.338 e. The lowest BCUT2D eigenvalue weighted by atomic mass is 9.47. The van der Waals surface area contributed by atoms with Crippen molar-refractivity contribution in [2.24, 2.45) is 46.3 Å². The normalized spacial score (nSPS) is 41.4. The molecule has 1 aromatic carbocycles. The van der Waals surface area contributed by atoms with E-state index >= 15 is 0 Å². The predicted octanol–water partition coefficient (Wildman–Crippen LogP) is 4.93. The van der Waals surface area contributed by atoms with E-state index in [0.29, 0.717) is 35.3 Å². The summed E-state index contributed by atoms with van der Waals surface area (Å²) < 4.78 is 42.4. The van der Waals surface area contributed by atoms with Crippen molar-refractivity contribution in [1.29, 1.82) is 0 Å². The maximum absolute atomic E-state index is 13.3. The third kappa shape index (κ3) is 9.65. The van der Waals surface area contributed by atoms with Gasteiger partial charge in [0, 0.05) is 6.92 Å². The number of esters is 2. The number of hydrogen-bond donors (Lipinski definition) is 5. The molecule has 3 saturated carbocycles. The molecule has 6 aliphatic rings. The number of benzene rings is 1. The molecule has 5 fully saturated rings. The van der Waals surface area contributed by atoms with Crippen LogP contribution in [0.2, 0.25) is 0 Å². The lowest BCUT2D eigenvalue weighted by Crippen LogP contribution is -2.62. The van der Waals surface area contributed by atoms with Gasteiger partial charge in [0.15, 0.2) is 24.8 Å². The van der Waals surface area contributed by atoms with E-state index in [1.165, 1.54) is 31.7 Å². The van der Waals surface area contributed by atoms with Crippen molar-refractivity contribution < 1.29 is 63.2 Å². The summed E-state index contributed by atoms with van der Waals surface area (Å²) in [6.07, 6.45) is 0.880. The molecule has 7 rings (SSSR count). The Kier molecular flexibility index (Phi) is 15.1. The highest BCUT2D eigenvalue weighted by Gasteiger charge is 2.63. The number of rotatable bonds is 15. The number of carbonyl (C=O) groups excluding carboxylic acids is 2. The Bertz CT molecular complexity index is 1710. The number of nitrogens with one attached hydrogen (secondary N) is 1. The minimum absolute atomic E-state index is 0.0212. The number of allylic oxidation sites excluding steroid dienone is 1. The first-order valence-electron chi connectivity index (χ1n) is 23.2. The van der Waals surface area contributed by atoms with Gasteiger partial charge in [0.1, 0.15) is 30.2 Å². The highest BCUT2D eigenvalue weighted by Crippen LogP contribution is 2.68. The van der Waals surface area contributed by atoms with E-state index in [4.69, 9.17) is 33.2 Å². The molecule has 4 aliphatic carbocycles. The first-order valence-corrected chi connectivity index (χ1v) is 23.2. The lowest BCUT2D eigenvalue weighted by molar-refractivity contribution is -0.340. The summed E-state index contributed by atoms with van der Waals surface area (Å²) in [7, 11) is 3.50. The van der Waals surface area contributed by atoms with Gasteiger partial charge in [0.2, 0.25) is 0 Å². The van der Waals surface area contributed by atoms with Crippen molar-refractivity contribution in [3.63, 3.8) is 0 Å². The van der Waals surface area contributed by atoms with Crippen molar-refractivity contribution in [3.05, 3.63) is 41.5 Å². The molecule has 18 atom stereocenters. The monoisotopic (exact) mass is 872 g/mol. The molecule has 0 amide bonds. The van der Waals surface area contributed by atoms with Crippen LogP contribution in [0.5, 0.6) is 5.75 Å². The molecule has 0 radical (unpaired) electrons. The quantitative estimate of drug-likeness (QED) is 0.118. The molecule has 5 N–H and O–H groups in total. The molecule has 1 aromatic rings. The maximum atomic E-state index is 13.3. The van der Waals surface area contributed by atoms with E-state index in [9.17, 15) is 30.0 Å². The summed E-state index contributed by atoms with van der Waals surface area (Å²) in [5, 5.41) is 47.1. The Morgan fingerprint density at radius 3 is 2.29 bits per heavy atom. The molecule has 2 saturated heterocycles. The van der Waals surface area contributed by atoms with Crippen LogP contribution in [0.3, 0.4) is 0 Å². The van der Waals surface area contributed by atoms with Gasteiger partial charge in [-0.15, -0.1) is 0 Å². The highest BCUT2D eigenvalue weighted by molar-refractivity contribution is 5.89. The summed E-state index contributed by atoms with van der Waals surface area (Å²) >= 11 is 0. The van der Waals surface area contributed by atoms with Gasteiger partial charge in [-0.1, -0.05) is 52.2 Å². The van der Waals surface area contributed by atoms with Crippen molar-refractivity contribution in [2.75, 3.05) is 33.9 Å². The Hall–Kier alpha value is -2.66. The van der Waals surface area contributed by atoms with Gasteiger partial charge in [-0.2, -0.15) is 0 Å². The Morgan fingerprint density at radius 2 is 1.60 bits per heavy atom. The molecule has 348 valence electrons. The van der Waals surface area contributed by atoms with Crippen LogP contribution < -0.4 is 10.1 Å². The number of fused-ring (bicyclic) bond motifs is 5. The Balaban J connectivity index is 1.14. The largest absolute Gasteiger partial charge is 0.497 e. The molecular weight excluding hydrogens is 799 g/mol. The average molecular weight is 872 g/mol. The molecule has 2 heterocycles. The first-order chi connectivity index (χ1) is 29.6. The lowest BCUT2D eigenvalue weighted by Gasteiger charge is -2.58. The maximum Gasteiger partial charge on any atom is 0.338 e. The average Bonchev–Trinajstić information content (AvgIpc) is 3.54. The highest BCUT2D eigenvalue weighted by atomic mass is 16.7. The molecule has 0 bridgehead atoms. The Morgan fingerprint density at radius 1 is 0.887 bits per heavy atom. The first kappa shape index (κ1) is 47.3.